The average molecular weight is 445 g/mol. The molecule has 3 heterocycles. The maximum absolute atomic E-state index is 12.9. The van der Waals surface area contributed by atoms with Gasteiger partial charge in [-0.25, -0.2) is 4.98 Å². The molecule has 1 N–H and O–H groups in total. The molecular weight excluding hydrogens is 423 g/mol. The number of pyridine rings is 1. The van der Waals surface area contributed by atoms with E-state index in [2.05, 4.69) is 21.3 Å². The molecular formula is C22H21F3N5S+. The molecule has 2 aliphatic rings. The van der Waals surface area contributed by atoms with E-state index in [-0.39, 0.29) is 4.75 Å². The summed E-state index contributed by atoms with van der Waals surface area (Å²) in [5.41, 5.74) is 3.27. The zero-order valence-electron chi connectivity index (χ0n) is 16.9. The van der Waals surface area contributed by atoms with E-state index >= 15 is 0 Å². The van der Waals surface area contributed by atoms with Gasteiger partial charge < -0.3 is 0 Å². The van der Waals surface area contributed by atoms with Crippen LogP contribution in [0, 0.1) is 0 Å². The molecule has 1 atom stereocenters. The summed E-state index contributed by atoms with van der Waals surface area (Å²) in [6, 6.07) is 7.58. The fourth-order valence-corrected chi connectivity index (χ4v) is 5.51. The Bertz CT molecular complexity index is 1130. The van der Waals surface area contributed by atoms with Crippen LogP contribution in [0.2, 0.25) is 0 Å². The smallest absolute Gasteiger partial charge is 0.275 e. The largest absolute Gasteiger partial charge is 0.416 e. The van der Waals surface area contributed by atoms with E-state index in [1.165, 1.54) is 0 Å². The average Bonchev–Trinajstić information content (AvgIpc) is 3.32. The van der Waals surface area contributed by atoms with Gasteiger partial charge in [0.1, 0.15) is 18.5 Å². The molecule has 5 rings (SSSR count). The molecule has 0 saturated heterocycles. The van der Waals surface area contributed by atoms with E-state index in [1.54, 1.807) is 34.8 Å². The van der Waals surface area contributed by atoms with Crippen LogP contribution in [0.25, 0.3) is 11.1 Å². The first-order valence-corrected chi connectivity index (χ1v) is 10.9. The van der Waals surface area contributed by atoms with Gasteiger partial charge in [0.2, 0.25) is 0 Å². The molecule has 1 saturated carbocycles. The van der Waals surface area contributed by atoms with Gasteiger partial charge >= 0.3 is 6.18 Å². The van der Waals surface area contributed by atoms with Crippen LogP contribution in [0.1, 0.15) is 30.5 Å². The molecule has 0 amide bonds. The molecule has 1 aromatic carbocycles. The molecule has 2 aromatic heterocycles. The fourth-order valence-electron chi connectivity index (χ4n) is 4.04. The van der Waals surface area contributed by atoms with Gasteiger partial charge in [-0.05, 0) is 37.1 Å². The molecule has 1 unspecified atom stereocenters. The van der Waals surface area contributed by atoms with Crippen LogP contribution >= 0.6 is 11.8 Å². The van der Waals surface area contributed by atoms with Gasteiger partial charge in [0.15, 0.2) is 5.69 Å². The number of quaternary nitrogens is 1. The van der Waals surface area contributed by atoms with Gasteiger partial charge in [0.25, 0.3) is 0 Å². The van der Waals surface area contributed by atoms with Crippen molar-refractivity contribution in [2.45, 2.75) is 35.1 Å². The van der Waals surface area contributed by atoms with Crippen LogP contribution in [0.4, 0.5) is 18.9 Å². The molecule has 31 heavy (non-hydrogen) atoms. The lowest BCUT2D eigenvalue weighted by Crippen LogP contribution is -3.04. The van der Waals surface area contributed by atoms with Gasteiger partial charge in [-0.15, -0.1) is 11.8 Å². The summed E-state index contributed by atoms with van der Waals surface area (Å²) in [5, 5.41) is 9.87. The molecule has 9 heteroatoms. The van der Waals surface area contributed by atoms with Crippen molar-refractivity contribution in [3.8, 4) is 11.1 Å². The Hall–Kier alpha value is -2.65. The molecule has 0 radical (unpaired) electrons. The SMILES string of the molecule is Cn1cc(-c2cnc3c(c2)[NH+](CC2(Sc4ccc(C(F)(F)F)cc4)CCC2)N=C3)cn1. The number of fused-ring (bicyclic) bond motifs is 1. The van der Waals surface area contributed by atoms with Crippen molar-refractivity contribution in [2.75, 3.05) is 6.54 Å². The van der Waals surface area contributed by atoms with Crippen molar-refractivity contribution < 1.29 is 18.2 Å². The number of rotatable bonds is 5. The number of nitrogens with zero attached hydrogens (tertiary/aromatic N) is 4. The van der Waals surface area contributed by atoms with Gasteiger partial charge in [-0.1, -0.05) is 11.5 Å². The first kappa shape index (κ1) is 20.3. The summed E-state index contributed by atoms with van der Waals surface area (Å²) in [6.07, 6.45) is 6.23. The lowest BCUT2D eigenvalue weighted by molar-refractivity contribution is -0.839. The first-order chi connectivity index (χ1) is 14.8. The normalized spacial score (nSPS) is 19.3. The van der Waals surface area contributed by atoms with E-state index < -0.39 is 11.7 Å². The quantitative estimate of drug-likeness (QED) is 0.645. The zero-order chi connectivity index (χ0) is 21.6. The fraction of sp³-hybridized carbons (Fsp3) is 0.318. The molecule has 160 valence electrons. The summed E-state index contributed by atoms with van der Waals surface area (Å²) < 4.78 is 40.3. The predicted molar refractivity (Wildman–Crippen MR) is 113 cm³/mol. The number of halogens is 3. The number of nitrogens with one attached hydrogen (secondary N) is 1. The summed E-state index contributed by atoms with van der Waals surface area (Å²) in [4.78, 5) is 5.42. The van der Waals surface area contributed by atoms with E-state index in [9.17, 15) is 13.2 Å². The predicted octanol–water partition coefficient (Wildman–Crippen LogP) is 4.08. The molecule has 3 aromatic rings. The van der Waals surface area contributed by atoms with Crippen LogP contribution in [0.3, 0.4) is 0 Å². The van der Waals surface area contributed by atoms with Crippen LogP contribution < -0.4 is 5.01 Å². The second kappa shape index (κ2) is 7.49. The van der Waals surface area contributed by atoms with Crippen LogP contribution in [-0.4, -0.2) is 32.3 Å². The maximum atomic E-state index is 12.9. The lowest BCUT2D eigenvalue weighted by atomic mass is 9.84. The van der Waals surface area contributed by atoms with Crippen LogP contribution in [0.15, 0.2) is 58.9 Å². The van der Waals surface area contributed by atoms with E-state index in [4.69, 9.17) is 0 Å². The highest BCUT2D eigenvalue weighted by Gasteiger charge is 2.44. The number of hydrogen-bond donors (Lipinski definition) is 1. The minimum Gasteiger partial charge on any atom is -0.275 e. The van der Waals surface area contributed by atoms with E-state index in [0.29, 0.717) is 0 Å². The Labute approximate surface area is 182 Å². The van der Waals surface area contributed by atoms with Gasteiger partial charge in [0, 0.05) is 41.5 Å². The van der Waals surface area contributed by atoms with Crippen molar-refractivity contribution in [2.24, 2.45) is 12.1 Å². The molecule has 1 aliphatic carbocycles. The molecule has 1 fully saturated rings. The molecule has 0 spiro atoms. The topological polar surface area (TPSA) is 47.5 Å². The van der Waals surface area contributed by atoms with Crippen LogP contribution in [-0.2, 0) is 13.2 Å². The lowest BCUT2D eigenvalue weighted by Gasteiger charge is -2.40. The monoisotopic (exact) mass is 444 g/mol. The van der Waals surface area contributed by atoms with Gasteiger partial charge in [-0.2, -0.15) is 23.3 Å². The standard InChI is InChI=1S/C22H20F3N5S/c1-29-13-16(11-27-29)15-9-20-19(26-10-15)12-28-30(20)14-21(7-2-8-21)31-18-5-3-17(4-6-18)22(23,24)25/h3-6,9-13H,2,7-8,14H2,1H3/p+1. The van der Waals surface area contributed by atoms with Gasteiger partial charge in [-0.3, -0.25) is 4.68 Å². The highest BCUT2D eigenvalue weighted by Crippen LogP contribution is 2.47. The number of benzene rings is 1. The molecule has 0 bridgehead atoms. The van der Waals surface area contributed by atoms with Crippen molar-refractivity contribution in [3.63, 3.8) is 0 Å². The second-order valence-electron chi connectivity index (χ2n) is 8.10. The highest BCUT2D eigenvalue weighted by atomic mass is 32.2. The highest BCUT2D eigenvalue weighted by molar-refractivity contribution is 8.00. The summed E-state index contributed by atoms with van der Waals surface area (Å²) >= 11 is 1.67. The summed E-state index contributed by atoms with van der Waals surface area (Å²) in [5.74, 6) is 0. The van der Waals surface area contributed by atoms with Crippen LogP contribution in [0.5, 0.6) is 0 Å². The summed E-state index contributed by atoms with van der Waals surface area (Å²) in [6.45, 7) is 0.764. The van der Waals surface area contributed by atoms with E-state index in [0.717, 1.165) is 70.4 Å². The number of alkyl halides is 3. The van der Waals surface area contributed by atoms with E-state index in [1.807, 2.05) is 25.6 Å². The Morgan fingerprint density at radius 1 is 1.13 bits per heavy atom. The first-order valence-electron chi connectivity index (χ1n) is 10.1. The third-order valence-electron chi connectivity index (χ3n) is 5.88. The maximum Gasteiger partial charge on any atom is 0.416 e. The minimum atomic E-state index is -4.31. The molecule has 1 aliphatic heterocycles. The van der Waals surface area contributed by atoms with Crippen molar-refractivity contribution in [1.82, 2.24) is 14.8 Å². The van der Waals surface area contributed by atoms with Crippen molar-refractivity contribution >= 4 is 23.7 Å². The summed E-state index contributed by atoms with van der Waals surface area (Å²) in [7, 11) is 1.88. The van der Waals surface area contributed by atoms with Crippen molar-refractivity contribution in [1.29, 1.82) is 0 Å². The van der Waals surface area contributed by atoms with Crippen molar-refractivity contribution in [3.05, 3.63) is 60.2 Å². The Balaban J connectivity index is 1.35. The number of aryl methyl sites for hydroxylation is 1. The number of thioether (sulfide) groups is 1. The zero-order valence-corrected chi connectivity index (χ0v) is 17.7. The molecule has 5 nitrogen and oxygen atoms in total. The minimum absolute atomic E-state index is 0.0433. The number of aromatic nitrogens is 3. The Morgan fingerprint density at radius 3 is 2.52 bits per heavy atom. The Morgan fingerprint density at radius 2 is 1.90 bits per heavy atom. The third-order valence-corrected chi connectivity index (χ3v) is 7.37. The second-order valence-corrected chi connectivity index (χ2v) is 9.64. The third kappa shape index (κ3) is 3.99. The Kier molecular flexibility index (Phi) is 4.90. The van der Waals surface area contributed by atoms with Gasteiger partial charge in [0.05, 0.1) is 16.5 Å². The number of hydrogen-bond acceptors (Lipinski definition) is 4.